The van der Waals surface area contributed by atoms with Gasteiger partial charge in [-0.3, -0.25) is 29.1 Å². The number of imide groups is 1. The summed E-state index contributed by atoms with van der Waals surface area (Å²) in [5.74, 6) is -1.83. The topological polar surface area (TPSA) is 108 Å². The summed E-state index contributed by atoms with van der Waals surface area (Å²) >= 11 is 0. The minimum absolute atomic E-state index is 0.188. The monoisotopic (exact) mass is 338 g/mol. The van der Waals surface area contributed by atoms with E-state index in [-0.39, 0.29) is 17.0 Å². The van der Waals surface area contributed by atoms with E-state index in [9.17, 15) is 19.2 Å². The maximum atomic E-state index is 12.2. The number of carbonyl (C=O) groups is 4. The summed E-state index contributed by atoms with van der Waals surface area (Å²) in [5.41, 5.74) is 1.39. The van der Waals surface area contributed by atoms with Crippen LogP contribution in [0, 0.1) is 0 Å². The summed E-state index contributed by atoms with van der Waals surface area (Å²) in [5, 5.41) is 5.20. The highest BCUT2D eigenvalue weighted by Crippen LogP contribution is 2.21. The second kappa shape index (κ2) is 6.52. The number of hydrogen-bond acceptors (Lipinski definition) is 5. The molecule has 1 aromatic carbocycles. The van der Waals surface area contributed by atoms with E-state index >= 15 is 0 Å². The lowest BCUT2D eigenvalue weighted by molar-refractivity contribution is -0.116. The number of amides is 4. The molecule has 126 valence electrons. The van der Waals surface area contributed by atoms with E-state index in [1.807, 2.05) is 0 Å². The van der Waals surface area contributed by atoms with Crippen LogP contribution in [0.1, 0.15) is 27.6 Å². The first-order valence-corrected chi connectivity index (χ1v) is 7.43. The first kappa shape index (κ1) is 16.3. The van der Waals surface area contributed by atoms with Crippen molar-refractivity contribution in [1.82, 2.24) is 9.88 Å². The fourth-order valence-electron chi connectivity index (χ4n) is 2.50. The van der Waals surface area contributed by atoms with Crippen molar-refractivity contribution in [2.75, 3.05) is 17.2 Å². The minimum atomic E-state index is -0.546. The number of aromatic nitrogens is 1. The van der Waals surface area contributed by atoms with Gasteiger partial charge in [-0.05, 0) is 24.3 Å². The summed E-state index contributed by atoms with van der Waals surface area (Å²) in [6.07, 6.45) is 2.73. The van der Waals surface area contributed by atoms with Crippen molar-refractivity contribution < 1.29 is 19.2 Å². The van der Waals surface area contributed by atoms with Crippen LogP contribution in [-0.4, -0.2) is 40.1 Å². The fraction of sp³-hybridized carbons (Fsp3) is 0.118. The van der Waals surface area contributed by atoms with E-state index in [1.54, 1.807) is 24.3 Å². The Bertz CT molecular complexity index is 859. The molecule has 0 saturated carbocycles. The molecule has 0 aliphatic carbocycles. The van der Waals surface area contributed by atoms with Gasteiger partial charge in [0.25, 0.3) is 11.8 Å². The highest BCUT2D eigenvalue weighted by molar-refractivity contribution is 6.22. The molecule has 0 spiro atoms. The number of pyridine rings is 1. The molecule has 8 nitrogen and oxygen atoms in total. The van der Waals surface area contributed by atoms with Gasteiger partial charge in [-0.15, -0.1) is 0 Å². The van der Waals surface area contributed by atoms with Crippen LogP contribution in [0.4, 0.5) is 11.4 Å². The Hall–Kier alpha value is -3.55. The molecule has 0 bridgehead atoms. The number of nitrogens with one attached hydrogen (secondary N) is 2. The van der Waals surface area contributed by atoms with Crippen LogP contribution >= 0.6 is 0 Å². The molecule has 1 aliphatic heterocycles. The van der Waals surface area contributed by atoms with Gasteiger partial charge in [-0.2, -0.15) is 0 Å². The molecular formula is C17H14N4O4. The Balaban J connectivity index is 1.69. The highest BCUT2D eigenvalue weighted by atomic mass is 16.2. The first-order valence-electron chi connectivity index (χ1n) is 7.43. The van der Waals surface area contributed by atoms with E-state index in [0.717, 1.165) is 4.90 Å². The van der Waals surface area contributed by atoms with E-state index in [2.05, 4.69) is 15.6 Å². The van der Waals surface area contributed by atoms with Crippen molar-refractivity contribution in [1.29, 1.82) is 0 Å². The first-order chi connectivity index (χ1) is 12.0. The Labute approximate surface area is 142 Å². The average Bonchev–Trinajstić information content (AvgIpc) is 2.80. The smallest absolute Gasteiger partial charge is 0.263 e. The van der Waals surface area contributed by atoms with Crippen molar-refractivity contribution in [3.8, 4) is 0 Å². The van der Waals surface area contributed by atoms with E-state index in [1.165, 1.54) is 25.4 Å². The molecule has 4 amide bonds. The summed E-state index contributed by atoms with van der Waals surface area (Å²) in [6.45, 7) is 0.971. The SMILES string of the molecule is CC(=O)Nc1cccc(NC(=O)CN2C(=O)c3ccncc3C2=O)c1. The zero-order valence-electron chi connectivity index (χ0n) is 13.3. The predicted molar refractivity (Wildman–Crippen MR) is 89.0 cm³/mol. The molecule has 0 saturated heterocycles. The van der Waals surface area contributed by atoms with Crippen LogP contribution in [0.15, 0.2) is 42.7 Å². The molecule has 0 atom stereocenters. The fourth-order valence-corrected chi connectivity index (χ4v) is 2.50. The summed E-state index contributed by atoms with van der Waals surface area (Å²) < 4.78 is 0. The molecule has 25 heavy (non-hydrogen) atoms. The second-order valence-electron chi connectivity index (χ2n) is 5.43. The van der Waals surface area contributed by atoms with Gasteiger partial charge in [0.15, 0.2) is 0 Å². The number of fused-ring (bicyclic) bond motifs is 1. The quantitative estimate of drug-likeness (QED) is 0.816. The van der Waals surface area contributed by atoms with E-state index < -0.39 is 24.3 Å². The van der Waals surface area contributed by atoms with Gasteiger partial charge in [0.05, 0.1) is 11.1 Å². The summed E-state index contributed by atoms with van der Waals surface area (Å²) in [6, 6.07) is 7.99. The molecule has 0 unspecified atom stereocenters. The molecule has 1 aliphatic rings. The third kappa shape index (κ3) is 3.37. The summed E-state index contributed by atoms with van der Waals surface area (Å²) in [4.78, 5) is 52.4. The lowest BCUT2D eigenvalue weighted by Crippen LogP contribution is -2.37. The largest absolute Gasteiger partial charge is 0.326 e. The Morgan fingerprint density at radius 1 is 1.04 bits per heavy atom. The van der Waals surface area contributed by atoms with Crippen LogP contribution < -0.4 is 10.6 Å². The van der Waals surface area contributed by atoms with Crippen LogP contribution in [0.3, 0.4) is 0 Å². The minimum Gasteiger partial charge on any atom is -0.326 e. The highest BCUT2D eigenvalue weighted by Gasteiger charge is 2.36. The number of anilines is 2. The molecule has 2 aromatic rings. The zero-order valence-corrected chi connectivity index (χ0v) is 13.3. The molecule has 0 fully saturated rings. The third-order valence-electron chi connectivity index (χ3n) is 3.54. The van der Waals surface area contributed by atoms with Crippen LogP contribution in [0.5, 0.6) is 0 Å². The lowest BCUT2D eigenvalue weighted by Gasteiger charge is -2.14. The maximum Gasteiger partial charge on any atom is 0.263 e. The van der Waals surface area contributed by atoms with Crippen LogP contribution in [-0.2, 0) is 9.59 Å². The number of hydrogen-bond donors (Lipinski definition) is 2. The molecule has 0 radical (unpaired) electrons. The molecule has 2 N–H and O–H groups in total. The van der Waals surface area contributed by atoms with Gasteiger partial charge in [0, 0.05) is 30.7 Å². The van der Waals surface area contributed by atoms with Gasteiger partial charge in [0.2, 0.25) is 11.8 Å². The average molecular weight is 338 g/mol. The van der Waals surface area contributed by atoms with E-state index in [0.29, 0.717) is 11.4 Å². The zero-order chi connectivity index (χ0) is 18.0. The molecule has 8 heteroatoms. The molecular weight excluding hydrogens is 324 g/mol. The lowest BCUT2D eigenvalue weighted by atomic mass is 10.2. The number of carbonyl (C=O) groups excluding carboxylic acids is 4. The van der Waals surface area contributed by atoms with Crippen LogP contribution in [0.2, 0.25) is 0 Å². The molecule has 1 aromatic heterocycles. The van der Waals surface area contributed by atoms with Gasteiger partial charge < -0.3 is 10.6 Å². The summed E-state index contributed by atoms with van der Waals surface area (Å²) in [7, 11) is 0. The predicted octanol–water partition coefficient (Wildman–Crippen LogP) is 1.27. The molecule has 3 rings (SSSR count). The second-order valence-corrected chi connectivity index (χ2v) is 5.43. The van der Waals surface area contributed by atoms with Crippen molar-refractivity contribution in [2.45, 2.75) is 6.92 Å². The van der Waals surface area contributed by atoms with Gasteiger partial charge >= 0.3 is 0 Å². The van der Waals surface area contributed by atoms with Gasteiger partial charge in [-0.1, -0.05) is 6.07 Å². The van der Waals surface area contributed by atoms with Gasteiger partial charge in [-0.25, -0.2) is 0 Å². The number of benzene rings is 1. The Morgan fingerprint density at radius 2 is 1.72 bits per heavy atom. The third-order valence-corrected chi connectivity index (χ3v) is 3.54. The van der Waals surface area contributed by atoms with Crippen molar-refractivity contribution >= 4 is 35.0 Å². The van der Waals surface area contributed by atoms with Crippen molar-refractivity contribution in [3.63, 3.8) is 0 Å². The standard InChI is InChI=1S/C17H14N4O4/c1-10(22)19-11-3-2-4-12(7-11)20-15(23)9-21-16(24)13-5-6-18-8-14(13)17(21)25/h2-8H,9H2,1H3,(H,19,22)(H,20,23). The maximum absolute atomic E-state index is 12.2. The van der Waals surface area contributed by atoms with Crippen molar-refractivity contribution in [3.05, 3.63) is 53.9 Å². The van der Waals surface area contributed by atoms with E-state index in [4.69, 9.17) is 0 Å². The number of nitrogens with zero attached hydrogens (tertiary/aromatic N) is 2. The number of rotatable bonds is 4. The van der Waals surface area contributed by atoms with Crippen molar-refractivity contribution in [2.24, 2.45) is 0 Å². The normalized spacial score (nSPS) is 12.8. The molecule has 2 heterocycles. The Morgan fingerprint density at radius 3 is 2.40 bits per heavy atom. The van der Waals surface area contributed by atoms with Gasteiger partial charge in [0.1, 0.15) is 6.54 Å². The Kier molecular flexibility index (Phi) is 4.25. The van der Waals surface area contributed by atoms with Crippen LogP contribution in [0.25, 0.3) is 0 Å².